The molecule has 0 amide bonds. The summed E-state index contributed by atoms with van der Waals surface area (Å²) in [5.41, 5.74) is 1.50. The van der Waals surface area contributed by atoms with Crippen molar-refractivity contribution in [2.45, 2.75) is 24.9 Å². The second kappa shape index (κ2) is 3.34. The number of rotatable bonds is 2. The minimum absolute atomic E-state index is 0.126. The van der Waals surface area contributed by atoms with Gasteiger partial charge in [0.25, 0.3) is 0 Å². The summed E-state index contributed by atoms with van der Waals surface area (Å²) < 4.78 is 37.2. The third kappa shape index (κ3) is 2.17. The summed E-state index contributed by atoms with van der Waals surface area (Å²) in [5.74, 6) is 4.95. The molecule has 1 aromatic rings. The monoisotopic (exact) mass is 218 g/mol. The fourth-order valence-corrected chi connectivity index (χ4v) is 1.26. The van der Waals surface area contributed by atoms with Crippen molar-refractivity contribution >= 4 is 5.95 Å². The van der Waals surface area contributed by atoms with Gasteiger partial charge in [-0.05, 0) is 18.9 Å². The topological polar surface area (TPSA) is 63.8 Å². The number of aromatic nitrogens is 2. The van der Waals surface area contributed by atoms with E-state index in [1.54, 1.807) is 0 Å². The average Bonchev–Trinajstić information content (AvgIpc) is 2.99. The fourth-order valence-electron chi connectivity index (χ4n) is 1.26. The molecule has 1 aromatic heterocycles. The Kier molecular flexibility index (Phi) is 2.26. The quantitative estimate of drug-likeness (QED) is 0.585. The van der Waals surface area contributed by atoms with Crippen LogP contribution in [-0.2, 0) is 6.18 Å². The first-order valence-electron chi connectivity index (χ1n) is 4.43. The van der Waals surface area contributed by atoms with E-state index in [4.69, 9.17) is 5.84 Å². The van der Waals surface area contributed by atoms with Crippen LogP contribution in [0.4, 0.5) is 19.1 Å². The van der Waals surface area contributed by atoms with E-state index in [0.29, 0.717) is 5.69 Å². The van der Waals surface area contributed by atoms with Crippen LogP contribution in [-0.4, -0.2) is 9.97 Å². The maximum Gasteiger partial charge on any atom is 0.433 e. The van der Waals surface area contributed by atoms with Gasteiger partial charge in [0.1, 0.15) is 5.69 Å². The molecule has 0 atom stereocenters. The normalized spacial score (nSPS) is 16.5. The van der Waals surface area contributed by atoms with Gasteiger partial charge in [0, 0.05) is 11.6 Å². The highest BCUT2D eigenvalue weighted by molar-refractivity contribution is 5.30. The van der Waals surface area contributed by atoms with E-state index in [1.165, 1.54) is 0 Å². The molecule has 1 aliphatic carbocycles. The van der Waals surface area contributed by atoms with Gasteiger partial charge in [0.15, 0.2) is 0 Å². The van der Waals surface area contributed by atoms with E-state index in [1.807, 2.05) is 5.43 Å². The molecule has 4 nitrogen and oxygen atoms in total. The smallest absolute Gasteiger partial charge is 0.292 e. The van der Waals surface area contributed by atoms with Gasteiger partial charge < -0.3 is 0 Å². The molecule has 2 rings (SSSR count). The van der Waals surface area contributed by atoms with Crippen LogP contribution in [0.2, 0.25) is 0 Å². The predicted molar refractivity (Wildman–Crippen MR) is 46.8 cm³/mol. The molecule has 0 saturated heterocycles. The summed E-state index contributed by atoms with van der Waals surface area (Å²) in [5, 5.41) is 0. The van der Waals surface area contributed by atoms with Crippen LogP contribution in [0.15, 0.2) is 6.07 Å². The highest BCUT2D eigenvalue weighted by atomic mass is 19.4. The summed E-state index contributed by atoms with van der Waals surface area (Å²) in [7, 11) is 0. The number of hydrogen-bond donors (Lipinski definition) is 2. The van der Waals surface area contributed by atoms with Gasteiger partial charge in [0.2, 0.25) is 5.95 Å². The van der Waals surface area contributed by atoms with Crippen LogP contribution < -0.4 is 11.3 Å². The number of anilines is 1. The number of hydrogen-bond acceptors (Lipinski definition) is 4. The van der Waals surface area contributed by atoms with Crippen LogP contribution in [0, 0.1) is 0 Å². The Morgan fingerprint density at radius 2 is 2.00 bits per heavy atom. The molecule has 7 heteroatoms. The minimum atomic E-state index is -4.46. The Morgan fingerprint density at radius 1 is 1.33 bits per heavy atom. The van der Waals surface area contributed by atoms with Gasteiger partial charge in [-0.25, -0.2) is 15.8 Å². The number of nitrogens with zero attached hydrogens (tertiary/aromatic N) is 2. The number of nitrogen functional groups attached to an aromatic ring is 1. The molecule has 82 valence electrons. The van der Waals surface area contributed by atoms with Crippen molar-refractivity contribution in [3.05, 3.63) is 17.5 Å². The van der Waals surface area contributed by atoms with Crippen LogP contribution in [0.25, 0.3) is 0 Å². The number of halogens is 3. The first kappa shape index (κ1) is 10.2. The first-order valence-corrected chi connectivity index (χ1v) is 4.43. The highest BCUT2D eigenvalue weighted by Gasteiger charge is 2.35. The SMILES string of the molecule is NNc1nc(C2CC2)cc(C(F)(F)F)n1. The Morgan fingerprint density at radius 3 is 2.47 bits per heavy atom. The molecule has 1 fully saturated rings. The first-order chi connectivity index (χ1) is 7.00. The van der Waals surface area contributed by atoms with E-state index >= 15 is 0 Å². The van der Waals surface area contributed by atoms with Crippen molar-refractivity contribution < 1.29 is 13.2 Å². The lowest BCUT2D eigenvalue weighted by atomic mass is 10.2. The molecular weight excluding hydrogens is 209 g/mol. The summed E-state index contributed by atoms with van der Waals surface area (Å²) in [6.07, 6.45) is -2.71. The summed E-state index contributed by atoms with van der Waals surface area (Å²) in [6, 6.07) is 0.985. The molecule has 0 unspecified atom stereocenters. The second-order valence-electron chi connectivity index (χ2n) is 3.42. The van der Waals surface area contributed by atoms with Crippen LogP contribution >= 0.6 is 0 Å². The van der Waals surface area contributed by atoms with E-state index in [0.717, 1.165) is 18.9 Å². The van der Waals surface area contributed by atoms with Crippen LogP contribution in [0.1, 0.15) is 30.1 Å². The van der Waals surface area contributed by atoms with E-state index in [2.05, 4.69) is 9.97 Å². The third-order valence-electron chi connectivity index (χ3n) is 2.16. The van der Waals surface area contributed by atoms with Gasteiger partial charge in [-0.15, -0.1) is 0 Å². The zero-order valence-electron chi connectivity index (χ0n) is 7.67. The highest BCUT2D eigenvalue weighted by Crippen LogP contribution is 2.40. The molecule has 0 spiro atoms. The molecule has 0 aliphatic heterocycles. The van der Waals surface area contributed by atoms with Crippen molar-refractivity contribution in [1.29, 1.82) is 0 Å². The Hall–Kier alpha value is -1.37. The average molecular weight is 218 g/mol. The van der Waals surface area contributed by atoms with Crippen molar-refractivity contribution in [3.8, 4) is 0 Å². The summed E-state index contributed by atoms with van der Waals surface area (Å²) >= 11 is 0. The van der Waals surface area contributed by atoms with Crippen molar-refractivity contribution in [3.63, 3.8) is 0 Å². The fraction of sp³-hybridized carbons (Fsp3) is 0.500. The summed E-state index contributed by atoms with van der Waals surface area (Å²) in [4.78, 5) is 7.14. The lowest BCUT2D eigenvalue weighted by molar-refractivity contribution is -0.141. The van der Waals surface area contributed by atoms with Gasteiger partial charge in [-0.2, -0.15) is 13.2 Å². The van der Waals surface area contributed by atoms with E-state index in [9.17, 15) is 13.2 Å². The molecule has 0 aromatic carbocycles. The van der Waals surface area contributed by atoms with Gasteiger partial charge in [-0.3, -0.25) is 5.43 Å². The maximum atomic E-state index is 12.4. The zero-order chi connectivity index (χ0) is 11.1. The Balaban J connectivity index is 2.41. The van der Waals surface area contributed by atoms with Gasteiger partial charge in [0.05, 0.1) is 0 Å². The van der Waals surface area contributed by atoms with Gasteiger partial charge in [-0.1, -0.05) is 0 Å². The van der Waals surface area contributed by atoms with Crippen LogP contribution in [0.3, 0.4) is 0 Å². The zero-order valence-corrected chi connectivity index (χ0v) is 7.67. The van der Waals surface area contributed by atoms with Crippen molar-refractivity contribution in [2.24, 2.45) is 5.84 Å². The largest absolute Gasteiger partial charge is 0.433 e. The number of nitrogens with two attached hydrogens (primary N) is 1. The molecular formula is C8H9F3N4. The van der Waals surface area contributed by atoms with Gasteiger partial charge >= 0.3 is 6.18 Å². The Labute approximate surface area is 83.7 Å². The molecule has 3 N–H and O–H groups in total. The molecule has 0 radical (unpaired) electrons. The lowest BCUT2D eigenvalue weighted by Crippen LogP contribution is -2.16. The molecule has 1 saturated carbocycles. The lowest BCUT2D eigenvalue weighted by Gasteiger charge is -2.09. The van der Waals surface area contributed by atoms with E-state index in [-0.39, 0.29) is 11.9 Å². The predicted octanol–water partition coefficient (Wildman–Crippen LogP) is 1.66. The van der Waals surface area contributed by atoms with Crippen molar-refractivity contribution in [2.75, 3.05) is 5.43 Å². The molecule has 1 aliphatic rings. The van der Waals surface area contributed by atoms with E-state index < -0.39 is 11.9 Å². The number of alkyl halides is 3. The third-order valence-corrected chi connectivity index (χ3v) is 2.16. The minimum Gasteiger partial charge on any atom is -0.292 e. The Bertz CT molecular complexity index is 373. The maximum absolute atomic E-state index is 12.4. The summed E-state index contributed by atoms with van der Waals surface area (Å²) in [6.45, 7) is 0. The standard InChI is InChI=1S/C8H9F3N4/c9-8(10,11)6-3-5(4-1-2-4)13-7(14-6)15-12/h3-4H,1-2,12H2,(H,13,14,15). The second-order valence-corrected chi connectivity index (χ2v) is 3.42. The molecule has 1 heterocycles. The van der Waals surface area contributed by atoms with Crippen molar-refractivity contribution in [1.82, 2.24) is 9.97 Å². The molecule has 15 heavy (non-hydrogen) atoms. The number of nitrogens with one attached hydrogen (secondary N) is 1. The molecule has 0 bridgehead atoms. The number of hydrazine groups is 1. The van der Waals surface area contributed by atoms with Crippen LogP contribution in [0.5, 0.6) is 0 Å².